The topological polar surface area (TPSA) is 74.7 Å². The van der Waals surface area contributed by atoms with Gasteiger partial charge in [-0.2, -0.15) is 13.2 Å². The SMILES string of the molecule is Cc1ccc(S(=O)(=O)N(CCC(=O)O)c2cc(C(F)(F)F)ccc2Cl)cc1. The van der Waals surface area contributed by atoms with Crippen LogP contribution in [0.25, 0.3) is 0 Å². The van der Waals surface area contributed by atoms with Gasteiger partial charge < -0.3 is 5.11 Å². The van der Waals surface area contributed by atoms with E-state index in [0.717, 1.165) is 17.7 Å². The largest absolute Gasteiger partial charge is 0.481 e. The number of benzene rings is 2. The predicted octanol–water partition coefficient (Wildman–Crippen LogP) is 4.34. The van der Waals surface area contributed by atoms with E-state index in [2.05, 4.69) is 0 Å². The van der Waals surface area contributed by atoms with E-state index in [1.54, 1.807) is 6.92 Å². The number of aliphatic carboxylic acids is 1. The molecular weight excluding hydrogens is 407 g/mol. The Morgan fingerprint density at radius 2 is 1.74 bits per heavy atom. The molecule has 0 saturated carbocycles. The summed E-state index contributed by atoms with van der Waals surface area (Å²) in [5.41, 5.74) is -0.752. The fraction of sp³-hybridized carbons (Fsp3) is 0.235. The van der Waals surface area contributed by atoms with Crippen LogP contribution in [0.3, 0.4) is 0 Å². The number of rotatable bonds is 6. The van der Waals surface area contributed by atoms with Gasteiger partial charge in [0.1, 0.15) is 0 Å². The lowest BCUT2D eigenvalue weighted by atomic mass is 10.2. The van der Waals surface area contributed by atoms with Gasteiger partial charge in [0.2, 0.25) is 0 Å². The van der Waals surface area contributed by atoms with Crippen molar-refractivity contribution in [1.82, 2.24) is 0 Å². The second-order valence-corrected chi connectivity index (χ2v) is 7.97. The lowest BCUT2D eigenvalue weighted by Gasteiger charge is -2.25. The van der Waals surface area contributed by atoms with E-state index in [-0.39, 0.29) is 9.92 Å². The number of carboxylic acids is 1. The van der Waals surface area contributed by atoms with Crippen LogP contribution in [0.1, 0.15) is 17.5 Å². The number of alkyl halides is 3. The number of sulfonamides is 1. The van der Waals surface area contributed by atoms with Crippen LogP contribution in [0, 0.1) is 6.92 Å². The number of halogens is 4. The van der Waals surface area contributed by atoms with Crippen molar-refractivity contribution in [3.8, 4) is 0 Å². The van der Waals surface area contributed by atoms with Gasteiger partial charge in [0.25, 0.3) is 10.0 Å². The van der Waals surface area contributed by atoms with Crippen molar-refractivity contribution in [2.24, 2.45) is 0 Å². The summed E-state index contributed by atoms with van der Waals surface area (Å²) in [5, 5.41) is 8.65. The highest BCUT2D eigenvalue weighted by Gasteiger charge is 2.34. The van der Waals surface area contributed by atoms with E-state index in [4.69, 9.17) is 16.7 Å². The number of hydrogen-bond acceptors (Lipinski definition) is 3. The van der Waals surface area contributed by atoms with E-state index >= 15 is 0 Å². The highest BCUT2D eigenvalue weighted by atomic mass is 35.5. The first kappa shape index (κ1) is 21.0. The Morgan fingerprint density at radius 1 is 1.15 bits per heavy atom. The van der Waals surface area contributed by atoms with Gasteiger partial charge in [-0.3, -0.25) is 9.10 Å². The maximum atomic E-state index is 13.0. The molecule has 0 heterocycles. The molecular formula is C17H15ClF3NO4S. The summed E-state index contributed by atoms with van der Waals surface area (Å²) < 4.78 is 65.6. The quantitative estimate of drug-likeness (QED) is 0.753. The monoisotopic (exact) mass is 421 g/mol. The number of anilines is 1. The first-order valence-electron chi connectivity index (χ1n) is 7.61. The first-order valence-corrected chi connectivity index (χ1v) is 9.42. The Kier molecular flexibility index (Phi) is 6.06. The second kappa shape index (κ2) is 7.77. The third-order valence-electron chi connectivity index (χ3n) is 3.68. The van der Waals surface area contributed by atoms with Crippen LogP contribution in [0.15, 0.2) is 47.4 Å². The van der Waals surface area contributed by atoms with Crippen molar-refractivity contribution in [3.05, 3.63) is 58.6 Å². The predicted molar refractivity (Wildman–Crippen MR) is 94.4 cm³/mol. The fourth-order valence-electron chi connectivity index (χ4n) is 2.28. The van der Waals surface area contributed by atoms with E-state index in [9.17, 15) is 26.4 Å². The zero-order chi connectivity index (χ0) is 20.4. The number of nitrogens with zero attached hydrogens (tertiary/aromatic N) is 1. The minimum Gasteiger partial charge on any atom is -0.481 e. The lowest BCUT2D eigenvalue weighted by molar-refractivity contribution is -0.138. The molecule has 0 radical (unpaired) electrons. The summed E-state index contributed by atoms with van der Waals surface area (Å²) in [6.07, 6.45) is -5.33. The van der Waals surface area contributed by atoms with Crippen LogP contribution in [-0.2, 0) is 21.0 Å². The van der Waals surface area contributed by atoms with Crippen molar-refractivity contribution < 1.29 is 31.5 Å². The van der Waals surface area contributed by atoms with E-state index < -0.39 is 46.4 Å². The fourth-order valence-corrected chi connectivity index (χ4v) is 4.03. The van der Waals surface area contributed by atoms with Crippen molar-refractivity contribution in [1.29, 1.82) is 0 Å². The normalized spacial score (nSPS) is 12.0. The maximum Gasteiger partial charge on any atom is 0.416 e. The number of carboxylic acid groups (broad SMARTS) is 1. The molecule has 5 nitrogen and oxygen atoms in total. The summed E-state index contributed by atoms with van der Waals surface area (Å²) >= 11 is 5.95. The molecule has 0 spiro atoms. The molecule has 146 valence electrons. The number of carbonyl (C=O) groups is 1. The summed E-state index contributed by atoms with van der Waals surface area (Å²) in [6.45, 7) is 1.16. The van der Waals surface area contributed by atoms with Gasteiger partial charge >= 0.3 is 12.1 Å². The molecule has 10 heteroatoms. The maximum absolute atomic E-state index is 13.0. The molecule has 0 aliphatic rings. The Bertz CT molecular complexity index is 944. The number of hydrogen-bond donors (Lipinski definition) is 1. The molecule has 0 fully saturated rings. The first-order chi connectivity index (χ1) is 12.4. The van der Waals surface area contributed by atoms with Gasteiger partial charge in [-0.1, -0.05) is 29.3 Å². The molecule has 2 aromatic carbocycles. The molecule has 0 saturated heterocycles. The molecule has 0 bridgehead atoms. The van der Waals surface area contributed by atoms with Crippen molar-refractivity contribution in [2.45, 2.75) is 24.4 Å². The lowest BCUT2D eigenvalue weighted by Crippen LogP contribution is -2.33. The number of aryl methyl sites for hydroxylation is 1. The molecule has 0 aliphatic carbocycles. The highest BCUT2D eigenvalue weighted by Crippen LogP contribution is 2.37. The Labute approximate surface area is 159 Å². The zero-order valence-electron chi connectivity index (χ0n) is 14.0. The van der Waals surface area contributed by atoms with Crippen LogP contribution in [-0.4, -0.2) is 26.0 Å². The standard InChI is InChI=1S/C17H15ClF3NO4S/c1-11-2-5-13(6-3-11)27(25,26)22(9-8-16(23)24)15-10-12(17(19,20)21)4-7-14(15)18/h2-7,10H,8-9H2,1H3,(H,23,24). The van der Waals surface area contributed by atoms with Gasteiger partial charge in [-0.25, -0.2) is 8.42 Å². The summed E-state index contributed by atoms with van der Waals surface area (Å²) in [4.78, 5) is 10.7. The van der Waals surface area contributed by atoms with Gasteiger partial charge in [-0.15, -0.1) is 0 Å². The van der Waals surface area contributed by atoms with Crippen molar-refractivity contribution in [2.75, 3.05) is 10.8 Å². The van der Waals surface area contributed by atoms with Crippen LogP contribution in [0.2, 0.25) is 5.02 Å². The minimum atomic E-state index is -4.72. The van der Waals surface area contributed by atoms with Crippen molar-refractivity contribution in [3.63, 3.8) is 0 Å². The molecule has 0 amide bonds. The van der Waals surface area contributed by atoms with E-state index in [0.29, 0.717) is 10.4 Å². The molecule has 0 unspecified atom stereocenters. The highest BCUT2D eigenvalue weighted by molar-refractivity contribution is 7.92. The summed E-state index contributed by atoms with van der Waals surface area (Å²) in [5.74, 6) is -1.30. The van der Waals surface area contributed by atoms with Crippen LogP contribution >= 0.6 is 11.6 Å². The van der Waals surface area contributed by atoms with E-state index in [1.807, 2.05) is 0 Å². The molecule has 0 aromatic heterocycles. The van der Waals surface area contributed by atoms with Crippen molar-refractivity contribution >= 4 is 33.3 Å². The van der Waals surface area contributed by atoms with Crippen LogP contribution in [0.5, 0.6) is 0 Å². The van der Waals surface area contributed by atoms with Gasteiger partial charge in [0.05, 0.1) is 27.6 Å². The third-order valence-corrected chi connectivity index (χ3v) is 5.83. The molecule has 2 aromatic rings. The summed E-state index contributed by atoms with van der Waals surface area (Å²) in [6, 6.07) is 7.87. The van der Waals surface area contributed by atoms with Crippen LogP contribution in [0.4, 0.5) is 18.9 Å². The molecule has 2 rings (SSSR count). The van der Waals surface area contributed by atoms with Gasteiger partial charge in [0.15, 0.2) is 0 Å². The Balaban J connectivity index is 2.61. The molecule has 0 atom stereocenters. The molecule has 0 aliphatic heterocycles. The smallest absolute Gasteiger partial charge is 0.416 e. The van der Waals surface area contributed by atoms with Gasteiger partial charge in [0, 0.05) is 6.54 Å². The average molecular weight is 422 g/mol. The summed E-state index contributed by atoms with van der Waals surface area (Å²) in [7, 11) is -4.33. The minimum absolute atomic E-state index is 0.188. The van der Waals surface area contributed by atoms with E-state index in [1.165, 1.54) is 24.3 Å². The zero-order valence-corrected chi connectivity index (χ0v) is 15.6. The third kappa shape index (κ3) is 4.92. The average Bonchev–Trinajstić information content (AvgIpc) is 2.55. The van der Waals surface area contributed by atoms with Crippen LogP contribution < -0.4 is 4.31 Å². The second-order valence-electron chi connectivity index (χ2n) is 5.70. The Morgan fingerprint density at radius 3 is 2.26 bits per heavy atom. The Hall–Kier alpha value is -2.26. The van der Waals surface area contributed by atoms with Gasteiger partial charge in [-0.05, 0) is 37.3 Å². The molecule has 27 heavy (non-hydrogen) atoms. The molecule has 1 N–H and O–H groups in total.